The quantitative estimate of drug-likeness (QED) is 0.164. The number of para-hydroxylation sites is 3. The molecule has 0 spiro atoms. The van der Waals surface area contributed by atoms with E-state index >= 15 is 0 Å². The van der Waals surface area contributed by atoms with Crippen molar-refractivity contribution in [2.75, 3.05) is 0 Å². The molecule has 0 radical (unpaired) electrons. The van der Waals surface area contributed by atoms with Gasteiger partial charge in [-0.2, -0.15) is 0 Å². The highest BCUT2D eigenvalue weighted by molar-refractivity contribution is 6.44. The summed E-state index contributed by atoms with van der Waals surface area (Å²) in [6.45, 7) is 0. The van der Waals surface area contributed by atoms with Gasteiger partial charge < -0.3 is 8.97 Å². The first kappa shape index (κ1) is 22.0. The van der Waals surface area contributed by atoms with E-state index < -0.39 is 0 Å². The monoisotopic (exact) mass is 556 g/mol. The van der Waals surface area contributed by atoms with Crippen LogP contribution in [0.3, 0.4) is 0 Å². The van der Waals surface area contributed by atoms with Gasteiger partial charge in [-0.3, -0.25) is 0 Å². The normalized spacial score (nSPS) is 15.8. The molecule has 4 heterocycles. The van der Waals surface area contributed by atoms with Crippen LogP contribution in [0.2, 0.25) is 0 Å². The maximum absolute atomic E-state index is 2.62. The van der Waals surface area contributed by atoms with E-state index in [2.05, 4.69) is 136 Å². The Hall–Kier alpha value is -5.60. The van der Waals surface area contributed by atoms with Crippen molar-refractivity contribution in [3.63, 3.8) is 0 Å². The summed E-state index contributed by atoms with van der Waals surface area (Å²) in [5, 5.41) is 14.9. The molecule has 2 nitrogen and oxygen atoms in total. The fourth-order valence-corrected chi connectivity index (χ4v) is 9.38. The smallest absolute Gasteiger partial charge is 0.0626 e. The van der Waals surface area contributed by atoms with Crippen LogP contribution in [-0.2, 0) is 0 Å². The summed E-state index contributed by atoms with van der Waals surface area (Å²) in [6.07, 6.45) is 5.88. The molecule has 202 valence electrons. The van der Waals surface area contributed by atoms with E-state index in [1.807, 2.05) is 0 Å². The number of aromatic nitrogens is 2. The minimum Gasteiger partial charge on any atom is -0.311 e. The summed E-state index contributed by atoms with van der Waals surface area (Å²) in [4.78, 5) is 0. The molecule has 2 aliphatic rings. The highest BCUT2D eigenvalue weighted by Crippen LogP contribution is 2.55. The summed E-state index contributed by atoms with van der Waals surface area (Å²) in [5.74, 6) is 0.397. The first-order valence-electron chi connectivity index (χ1n) is 15.7. The second-order valence-corrected chi connectivity index (χ2v) is 12.7. The molecule has 12 rings (SSSR count). The van der Waals surface area contributed by atoms with E-state index in [0.29, 0.717) is 5.92 Å². The van der Waals surface area contributed by atoms with E-state index in [9.17, 15) is 0 Å². The second kappa shape index (κ2) is 7.30. The van der Waals surface area contributed by atoms with Crippen LogP contribution in [0.25, 0.3) is 93.1 Å². The lowest BCUT2D eigenvalue weighted by Crippen LogP contribution is -2.00. The molecule has 10 aromatic rings. The minimum atomic E-state index is 0.397. The van der Waals surface area contributed by atoms with Gasteiger partial charge in [0.1, 0.15) is 0 Å². The standard InChI is InChI=1S/C42H24N2/c1-3-15-29-25(13-1)35-36(38-32-20-10-18-28-23-11-5-7-21-33(23)43(40(28)32)41(29)38)26-14-2-4-16-30(26)42-37(35)31-19-9-17-27-24-12-6-8-22-34(24)44(42)39(27)31/h1-17,19-22,28H,18H2. The molecular weight excluding hydrogens is 532 g/mol. The molecule has 7 aromatic carbocycles. The first-order valence-corrected chi connectivity index (χ1v) is 15.7. The molecule has 1 aliphatic heterocycles. The Morgan fingerprint density at radius 1 is 0.477 bits per heavy atom. The molecule has 1 aliphatic carbocycles. The molecule has 0 N–H and O–H groups in total. The van der Waals surface area contributed by atoms with Gasteiger partial charge in [0.25, 0.3) is 0 Å². The Kier molecular flexibility index (Phi) is 3.65. The van der Waals surface area contributed by atoms with Gasteiger partial charge in [0.05, 0.1) is 22.1 Å². The van der Waals surface area contributed by atoms with Crippen molar-refractivity contribution < 1.29 is 0 Å². The molecule has 0 bridgehead atoms. The molecule has 1 unspecified atom stereocenters. The topological polar surface area (TPSA) is 9.34 Å². The van der Waals surface area contributed by atoms with Crippen LogP contribution in [0.4, 0.5) is 0 Å². The zero-order valence-electron chi connectivity index (χ0n) is 23.8. The Labute approximate surface area is 252 Å². The third kappa shape index (κ3) is 2.25. The van der Waals surface area contributed by atoms with E-state index in [0.717, 1.165) is 6.42 Å². The van der Waals surface area contributed by atoms with Crippen molar-refractivity contribution in [2.45, 2.75) is 12.3 Å². The second-order valence-electron chi connectivity index (χ2n) is 12.7. The van der Waals surface area contributed by atoms with Crippen LogP contribution in [0.15, 0.2) is 121 Å². The number of fused-ring (bicyclic) bond motifs is 21. The van der Waals surface area contributed by atoms with Gasteiger partial charge in [0, 0.05) is 71.3 Å². The van der Waals surface area contributed by atoms with E-state index in [4.69, 9.17) is 0 Å². The van der Waals surface area contributed by atoms with Gasteiger partial charge >= 0.3 is 0 Å². The lowest BCUT2D eigenvalue weighted by atomic mass is 9.84. The van der Waals surface area contributed by atoms with Gasteiger partial charge in [-0.05, 0) is 34.9 Å². The largest absolute Gasteiger partial charge is 0.311 e. The molecule has 0 fully saturated rings. The van der Waals surface area contributed by atoms with Crippen molar-refractivity contribution in [1.29, 1.82) is 0 Å². The number of benzene rings is 7. The lowest BCUT2D eigenvalue weighted by Gasteiger charge is -2.17. The van der Waals surface area contributed by atoms with Crippen molar-refractivity contribution in [3.05, 3.63) is 138 Å². The van der Waals surface area contributed by atoms with E-state index in [-0.39, 0.29) is 0 Å². The average molecular weight is 557 g/mol. The molecule has 1 atom stereocenters. The van der Waals surface area contributed by atoms with Gasteiger partial charge in [-0.25, -0.2) is 0 Å². The molecular formula is C42H24N2. The van der Waals surface area contributed by atoms with Crippen LogP contribution in [-0.4, -0.2) is 8.97 Å². The lowest BCUT2D eigenvalue weighted by molar-refractivity contribution is 0.820. The summed E-state index contributed by atoms with van der Waals surface area (Å²) in [5.41, 5.74) is 10.9. The van der Waals surface area contributed by atoms with Gasteiger partial charge in [-0.1, -0.05) is 115 Å². The predicted molar refractivity (Wildman–Crippen MR) is 186 cm³/mol. The van der Waals surface area contributed by atoms with Gasteiger partial charge in [0.2, 0.25) is 0 Å². The van der Waals surface area contributed by atoms with E-state index in [1.165, 1.54) is 104 Å². The number of rotatable bonds is 0. The maximum Gasteiger partial charge on any atom is 0.0626 e. The Morgan fingerprint density at radius 2 is 1.09 bits per heavy atom. The summed E-state index contributed by atoms with van der Waals surface area (Å²) < 4.78 is 5.18. The highest BCUT2D eigenvalue weighted by atomic mass is 15.0. The Morgan fingerprint density at radius 3 is 1.93 bits per heavy atom. The SMILES string of the molecule is C1=Cc2c3n(c4c5ccccc5c5c(c6ccccc6c6c5c5cccc7c8ccccc8n6c75)c24)-c2ccccc2C3C1. The number of hydrogen-bond acceptors (Lipinski definition) is 0. The number of nitrogens with zero attached hydrogens (tertiary/aromatic N) is 2. The summed E-state index contributed by atoms with van der Waals surface area (Å²) in [6, 6.07) is 43.2. The van der Waals surface area contributed by atoms with Crippen LogP contribution >= 0.6 is 0 Å². The minimum absolute atomic E-state index is 0.397. The Balaban J connectivity index is 1.47. The molecule has 44 heavy (non-hydrogen) atoms. The fourth-order valence-electron chi connectivity index (χ4n) is 9.38. The van der Waals surface area contributed by atoms with Crippen molar-refractivity contribution in [3.8, 4) is 5.69 Å². The number of allylic oxidation sites excluding steroid dienone is 1. The molecule has 0 amide bonds. The molecule has 0 saturated heterocycles. The van der Waals surface area contributed by atoms with Crippen LogP contribution in [0, 0.1) is 0 Å². The van der Waals surface area contributed by atoms with Crippen LogP contribution in [0.1, 0.15) is 29.2 Å². The number of hydrogen-bond donors (Lipinski definition) is 0. The van der Waals surface area contributed by atoms with Crippen LogP contribution < -0.4 is 0 Å². The summed E-state index contributed by atoms with van der Waals surface area (Å²) >= 11 is 0. The first-order chi connectivity index (χ1) is 21.9. The average Bonchev–Trinajstić information content (AvgIpc) is 3.82. The summed E-state index contributed by atoms with van der Waals surface area (Å²) in [7, 11) is 0. The van der Waals surface area contributed by atoms with Crippen molar-refractivity contribution in [2.24, 2.45) is 0 Å². The van der Waals surface area contributed by atoms with Crippen molar-refractivity contribution >= 4 is 87.4 Å². The molecule has 0 saturated carbocycles. The highest BCUT2D eigenvalue weighted by Gasteiger charge is 2.36. The third-order valence-corrected chi connectivity index (χ3v) is 10.9. The zero-order valence-corrected chi connectivity index (χ0v) is 23.8. The van der Waals surface area contributed by atoms with Gasteiger partial charge in [0.15, 0.2) is 0 Å². The zero-order chi connectivity index (χ0) is 28.3. The fraction of sp³-hybridized carbons (Fsp3) is 0.0476. The van der Waals surface area contributed by atoms with Crippen LogP contribution in [0.5, 0.6) is 0 Å². The van der Waals surface area contributed by atoms with Crippen molar-refractivity contribution in [1.82, 2.24) is 8.97 Å². The van der Waals surface area contributed by atoms with E-state index in [1.54, 1.807) is 0 Å². The maximum atomic E-state index is 2.62. The predicted octanol–water partition coefficient (Wildman–Crippen LogP) is 11.1. The third-order valence-electron chi connectivity index (χ3n) is 10.9. The molecule has 2 heteroatoms. The Bertz CT molecular complexity index is 2970. The van der Waals surface area contributed by atoms with Gasteiger partial charge in [-0.15, -0.1) is 0 Å². The molecule has 3 aromatic heterocycles.